The molecular formula is C11H16BrFN2O4S. The molecule has 0 saturated heterocycles. The molecule has 0 aromatic heterocycles. The van der Waals surface area contributed by atoms with Gasteiger partial charge in [0.25, 0.3) is 0 Å². The second-order valence-corrected chi connectivity index (χ2v) is 6.69. The molecule has 114 valence electrons. The number of aliphatic hydroxyl groups excluding tert-OH is 1. The van der Waals surface area contributed by atoms with Crippen molar-refractivity contribution in [3.05, 3.63) is 22.4 Å². The van der Waals surface area contributed by atoms with E-state index in [4.69, 9.17) is 15.6 Å². The van der Waals surface area contributed by atoms with Crippen molar-refractivity contribution in [3.63, 3.8) is 0 Å². The van der Waals surface area contributed by atoms with Gasteiger partial charge in [-0.2, -0.15) is 4.31 Å². The molecule has 3 N–H and O–H groups in total. The minimum atomic E-state index is -4.09. The topological polar surface area (TPSA) is 92.9 Å². The summed E-state index contributed by atoms with van der Waals surface area (Å²) in [6, 6.07) is 2.04. The highest BCUT2D eigenvalue weighted by Crippen LogP contribution is 2.27. The fourth-order valence-electron chi connectivity index (χ4n) is 1.54. The molecule has 9 heteroatoms. The number of sulfonamides is 1. The molecule has 0 heterocycles. The summed E-state index contributed by atoms with van der Waals surface area (Å²) in [5.74, 6) is -0.911. The molecule has 1 aromatic carbocycles. The van der Waals surface area contributed by atoms with E-state index in [2.05, 4.69) is 15.9 Å². The highest BCUT2D eigenvalue weighted by molar-refractivity contribution is 9.10. The van der Waals surface area contributed by atoms with Crippen LogP contribution in [0.5, 0.6) is 0 Å². The van der Waals surface area contributed by atoms with E-state index >= 15 is 0 Å². The van der Waals surface area contributed by atoms with Crippen LogP contribution in [0.1, 0.15) is 0 Å². The fraction of sp³-hybridized carbons (Fsp3) is 0.455. The van der Waals surface area contributed by atoms with Crippen molar-refractivity contribution in [3.8, 4) is 0 Å². The monoisotopic (exact) mass is 370 g/mol. The zero-order valence-electron chi connectivity index (χ0n) is 10.8. The molecule has 0 saturated carbocycles. The van der Waals surface area contributed by atoms with Crippen LogP contribution in [0.3, 0.4) is 0 Å². The number of benzene rings is 1. The van der Waals surface area contributed by atoms with E-state index < -0.39 is 20.7 Å². The third kappa shape index (κ3) is 3.89. The Morgan fingerprint density at radius 3 is 2.65 bits per heavy atom. The first-order valence-electron chi connectivity index (χ1n) is 5.69. The number of hydrogen-bond donors (Lipinski definition) is 2. The van der Waals surface area contributed by atoms with Gasteiger partial charge in [0.2, 0.25) is 10.0 Å². The molecule has 0 aliphatic carbocycles. The van der Waals surface area contributed by atoms with E-state index in [0.29, 0.717) is 0 Å². The second-order valence-electron chi connectivity index (χ2n) is 3.92. The van der Waals surface area contributed by atoms with Crippen LogP contribution >= 0.6 is 15.9 Å². The molecule has 1 rings (SSSR count). The first-order chi connectivity index (χ1) is 9.34. The molecule has 0 aliphatic rings. The molecule has 6 nitrogen and oxygen atoms in total. The molecule has 0 amide bonds. The summed E-state index contributed by atoms with van der Waals surface area (Å²) in [4.78, 5) is -0.525. The summed E-state index contributed by atoms with van der Waals surface area (Å²) in [5, 5.41) is 8.94. The average molecular weight is 371 g/mol. The Balaban J connectivity index is 3.22. The number of methoxy groups -OCH3 is 1. The van der Waals surface area contributed by atoms with Crippen LogP contribution in [0.15, 0.2) is 21.5 Å². The van der Waals surface area contributed by atoms with Crippen molar-refractivity contribution in [2.45, 2.75) is 4.90 Å². The normalized spacial score (nSPS) is 12.1. The average Bonchev–Trinajstić information content (AvgIpc) is 2.38. The number of nitrogens with zero attached hydrogens (tertiary/aromatic N) is 1. The van der Waals surface area contributed by atoms with Crippen LogP contribution in [-0.2, 0) is 14.8 Å². The predicted molar refractivity (Wildman–Crippen MR) is 76.2 cm³/mol. The Kier molecular flexibility index (Phi) is 6.34. The lowest BCUT2D eigenvalue weighted by molar-refractivity contribution is 0.168. The third-order valence-electron chi connectivity index (χ3n) is 2.56. The number of nitrogen functional groups attached to an aromatic ring is 1. The van der Waals surface area contributed by atoms with Gasteiger partial charge in [-0.15, -0.1) is 0 Å². The number of hydrogen-bond acceptors (Lipinski definition) is 5. The van der Waals surface area contributed by atoms with Gasteiger partial charge < -0.3 is 15.6 Å². The Hall–Kier alpha value is -0.740. The number of aliphatic hydroxyl groups is 1. The SMILES string of the molecule is COCCN(CCO)S(=O)(=O)c1cc(N)c(Br)cc1F. The van der Waals surface area contributed by atoms with Crippen molar-refractivity contribution >= 4 is 31.6 Å². The van der Waals surface area contributed by atoms with E-state index in [9.17, 15) is 12.8 Å². The van der Waals surface area contributed by atoms with Crippen LogP contribution in [-0.4, -0.2) is 51.2 Å². The Morgan fingerprint density at radius 1 is 1.45 bits per heavy atom. The van der Waals surface area contributed by atoms with E-state index in [1.807, 2.05) is 0 Å². The quantitative estimate of drug-likeness (QED) is 0.692. The van der Waals surface area contributed by atoms with E-state index in [1.165, 1.54) is 7.11 Å². The Bertz CT molecular complexity index is 568. The number of halogens is 2. The Labute approximate surface area is 125 Å². The van der Waals surface area contributed by atoms with Crippen LogP contribution in [0.2, 0.25) is 0 Å². The molecule has 0 radical (unpaired) electrons. The standard InChI is InChI=1S/C11H16BrFN2O4S/c1-19-5-3-15(2-4-16)20(17,18)11-7-10(14)8(12)6-9(11)13/h6-7,16H,2-5,14H2,1H3. The number of rotatable bonds is 7. The van der Waals surface area contributed by atoms with Gasteiger partial charge in [0.1, 0.15) is 10.7 Å². The first-order valence-corrected chi connectivity index (χ1v) is 7.92. The lowest BCUT2D eigenvalue weighted by atomic mass is 10.3. The summed E-state index contributed by atoms with van der Waals surface area (Å²) < 4.78 is 44.6. The van der Waals surface area contributed by atoms with Crippen LogP contribution in [0.25, 0.3) is 0 Å². The smallest absolute Gasteiger partial charge is 0.246 e. The second kappa shape index (κ2) is 7.32. The van der Waals surface area contributed by atoms with Crippen molar-refractivity contribution in [1.82, 2.24) is 4.31 Å². The minimum absolute atomic E-state index is 0.00873. The summed E-state index contributed by atoms with van der Waals surface area (Å²) in [6.07, 6.45) is 0. The molecular weight excluding hydrogens is 355 g/mol. The van der Waals surface area contributed by atoms with Gasteiger partial charge in [0.05, 0.1) is 13.2 Å². The van der Waals surface area contributed by atoms with E-state index in [-0.39, 0.29) is 36.5 Å². The molecule has 20 heavy (non-hydrogen) atoms. The van der Waals surface area contributed by atoms with Crippen molar-refractivity contribution in [2.24, 2.45) is 0 Å². The summed E-state index contributed by atoms with van der Waals surface area (Å²) in [5.41, 5.74) is 5.70. The highest BCUT2D eigenvalue weighted by Gasteiger charge is 2.27. The molecule has 1 aromatic rings. The van der Waals surface area contributed by atoms with Gasteiger partial charge in [0, 0.05) is 30.4 Å². The highest BCUT2D eigenvalue weighted by atomic mass is 79.9. The van der Waals surface area contributed by atoms with Crippen molar-refractivity contribution < 1.29 is 22.7 Å². The van der Waals surface area contributed by atoms with E-state index in [0.717, 1.165) is 16.4 Å². The number of nitrogens with two attached hydrogens (primary N) is 1. The summed E-state index contributed by atoms with van der Waals surface area (Å²) in [6.45, 7) is -0.390. The molecule has 0 unspecified atom stereocenters. The molecule has 0 spiro atoms. The maximum atomic E-state index is 13.9. The van der Waals surface area contributed by atoms with E-state index in [1.54, 1.807) is 0 Å². The third-order valence-corrected chi connectivity index (χ3v) is 5.16. The Morgan fingerprint density at radius 2 is 2.10 bits per heavy atom. The zero-order valence-corrected chi connectivity index (χ0v) is 13.2. The minimum Gasteiger partial charge on any atom is -0.398 e. The van der Waals surface area contributed by atoms with Gasteiger partial charge in [-0.25, -0.2) is 12.8 Å². The number of ether oxygens (including phenoxy) is 1. The van der Waals surface area contributed by atoms with Gasteiger partial charge in [0.15, 0.2) is 0 Å². The predicted octanol–water partition coefficient (Wildman–Crippen LogP) is 0.800. The maximum absolute atomic E-state index is 13.9. The van der Waals surface area contributed by atoms with Gasteiger partial charge in [-0.1, -0.05) is 0 Å². The molecule has 0 bridgehead atoms. The lowest BCUT2D eigenvalue weighted by Gasteiger charge is -2.21. The van der Waals surface area contributed by atoms with Crippen LogP contribution in [0, 0.1) is 5.82 Å². The zero-order chi connectivity index (χ0) is 15.3. The first kappa shape index (κ1) is 17.3. The van der Waals surface area contributed by atoms with Crippen LogP contribution in [0.4, 0.5) is 10.1 Å². The summed E-state index contributed by atoms with van der Waals surface area (Å²) in [7, 11) is -2.67. The van der Waals surface area contributed by atoms with Gasteiger partial charge in [-0.05, 0) is 28.1 Å². The van der Waals surface area contributed by atoms with Crippen molar-refractivity contribution in [2.75, 3.05) is 39.1 Å². The van der Waals surface area contributed by atoms with Gasteiger partial charge >= 0.3 is 0 Å². The lowest BCUT2D eigenvalue weighted by Crippen LogP contribution is -2.36. The maximum Gasteiger partial charge on any atom is 0.246 e. The van der Waals surface area contributed by atoms with Crippen LogP contribution < -0.4 is 5.73 Å². The van der Waals surface area contributed by atoms with Crippen molar-refractivity contribution in [1.29, 1.82) is 0 Å². The summed E-state index contributed by atoms with van der Waals surface area (Å²) >= 11 is 3.02. The molecule has 0 atom stereocenters. The van der Waals surface area contributed by atoms with Gasteiger partial charge in [-0.3, -0.25) is 0 Å². The molecule has 0 fully saturated rings. The number of anilines is 1. The fourth-order valence-corrected chi connectivity index (χ4v) is 3.35. The molecule has 0 aliphatic heterocycles. The largest absolute Gasteiger partial charge is 0.398 e.